The monoisotopic (exact) mass is 407 g/mol. The number of hydrogen-bond acceptors (Lipinski definition) is 4. The lowest BCUT2D eigenvalue weighted by Crippen LogP contribution is -2.53. The molecule has 0 radical (unpaired) electrons. The van der Waals surface area contributed by atoms with Gasteiger partial charge in [-0.3, -0.25) is 9.59 Å². The Labute approximate surface area is 170 Å². The number of benzene rings is 1. The number of anilines is 1. The molecule has 1 atom stereocenters. The highest BCUT2D eigenvalue weighted by atomic mass is 35.5. The molecule has 8 heteroatoms. The number of piperazine rings is 1. The number of halogens is 1. The topological polar surface area (TPSA) is 70.2 Å². The second-order valence-electron chi connectivity index (χ2n) is 8.17. The van der Waals surface area contributed by atoms with Crippen LogP contribution in [0.3, 0.4) is 0 Å². The Morgan fingerprint density at radius 2 is 1.61 bits per heavy atom. The molecule has 0 N–H and O–H groups in total. The van der Waals surface area contributed by atoms with Gasteiger partial charge in [0.1, 0.15) is 5.60 Å². The van der Waals surface area contributed by atoms with Crippen LogP contribution in [0, 0.1) is 5.92 Å². The number of carbonyl (C=O) groups is 3. The molecule has 0 spiro atoms. The van der Waals surface area contributed by atoms with E-state index in [2.05, 4.69) is 0 Å². The lowest BCUT2D eigenvalue weighted by molar-refractivity contribution is -0.137. The van der Waals surface area contributed by atoms with Crippen molar-refractivity contribution in [2.24, 2.45) is 5.92 Å². The zero-order valence-corrected chi connectivity index (χ0v) is 17.2. The predicted molar refractivity (Wildman–Crippen MR) is 106 cm³/mol. The first-order valence-corrected chi connectivity index (χ1v) is 9.84. The summed E-state index contributed by atoms with van der Waals surface area (Å²) in [5, 5.41) is 0.603. The molecule has 0 aliphatic carbocycles. The van der Waals surface area contributed by atoms with Crippen LogP contribution in [0.2, 0.25) is 5.02 Å². The first kappa shape index (κ1) is 20.5. The largest absolute Gasteiger partial charge is 0.444 e. The maximum Gasteiger partial charge on any atom is 0.410 e. The summed E-state index contributed by atoms with van der Waals surface area (Å²) in [7, 11) is 0. The van der Waals surface area contributed by atoms with Gasteiger partial charge in [0.05, 0.1) is 5.92 Å². The van der Waals surface area contributed by atoms with E-state index in [4.69, 9.17) is 16.3 Å². The van der Waals surface area contributed by atoms with Crippen molar-refractivity contribution in [3.8, 4) is 0 Å². The molecule has 2 saturated heterocycles. The van der Waals surface area contributed by atoms with Crippen LogP contribution in [0.5, 0.6) is 0 Å². The van der Waals surface area contributed by atoms with Crippen LogP contribution >= 0.6 is 11.6 Å². The van der Waals surface area contributed by atoms with Gasteiger partial charge in [0.2, 0.25) is 11.8 Å². The maximum absolute atomic E-state index is 12.9. The van der Waals surface area contributed by atoms with E-state index >= 15 is 0 Å². The number of nitrogens with zero attached hydrogens (tertiary/aromatic N) is 3. The molecule has 0 saturated carbocycles. The number of amides is 3. The van der Waals surface area contributed by atoms with Gasteiger partial charge in [-0.15, -0.1) is 0 Å². The van der Waals surface area contributed by atoms with Crippen LogP contribution in [0.25, 0.3) is 0 Å². The second kappa shape index (κ2) is 7.99. The van der Waals surface area contributed by atoms with E-state index in [1.54, 1.807) is 39.0 Å². The van der Waals surface area contributed by atoms with E-state index in [1.165, 1.54) is 0 Å². The molecule has 1 aromatic rings. The molecular formula is C20H26ClN3O4. The minimum absolute atomic E-state index is 0.0337. The van der Waals surface area contributed by atoms with Gasteiger partial charge in [0.15, 0.2) is 0 Å². The van der Waals surface area contributed by atoms with Crippen molar-refractivity contribution >= 4 is 35.2 Å². The summed E-state index contributed by atoms with van der Waals surface area (Å²) in [5.41, 5.74) is 0.207. The van der Waals surface area contributed by atoms with E-state index in [9.17, 15) is 14.4 Å². The maximum atomic E-state index is 12.9. The van der Waals surface area contributed by atoms with E-state index in [-0.39, 0.29) is 30.2 Å². The number of carbonyl (C=O) groups excluding carboxylic acids is 3. The molecule has 2 aliphatic rings. The van der Waals surface area contributed by atoms with Crippen LogP contribution in [0.15, 0.2) is 24.3 Å². The summed E-state index contributed by atoms with van der Waals surface area (Å²) in [6, 6.07) is 7.03. The van der Waals surface area contributed by atoms with E-state index < -0.39 is 5.60 Å². The van der Waals surface area contributed by atoms with Crippen molar-refractivity contribution in [1.82, 2.24) is 9.80 Å². The Balaban J connectivity index is 1.55. The summed E-state index contributed by atoms with van der Waals surface area (Å²) in [5.74, 6) is -0.460. The smallest absolute Gasteiger partial charge is 0.410 e. The molecule has 28 heavy (non-hydrogen) atoms. The Bertz CT molecular complexity index is 752. The Kier molecular flexibility index (Phi) is 5.84. The van der Waals surface area contributed by atoms with Gasteiger partial charge < -0.3 is 19.4 Å². The third-order valence-corrected chi connectivity index (χ3v) is 5.11. The summed E-state index contributed by atoms with van der Waals surface area (Å²) in [6.07, 6.45) is -0.155. The molecule has 3 amide bonds. The average Bonchev–Trinajstić information content (AvgIpc) is 3.02. The van der Waals surface area contributed by atoms with Crippen molar-refractivity contribution in [2.45, 2.75) is 32.8 Å². The first-order chi connectivity index (χ1) is 13.1. The number of rotatable bonds is 2. The molecule has 0 aromatic heterocycles. The summed E-state index contributed by atoms with van der Waals surface area (Å²) in [4.78, 5) is 42.4. The summed E-state index contributed by atoms with van der Waals surface area (Å²) >= 11 is 5.90. The molecule has 0 unspecified atom stereocenters. The van der Waals surface area contributed by atoms with Gasteiger partial charge in [-0.2, -0.15) is 0 Å². The molecule has 0 bridgehead atoms. The van der Waals surface area contributed by atoms with Crippen LogP contribution in [0.4, 0.5) is 10.5 Å². The number of ether oxygens (including phenoxy) is 1. The van der Waals surface area contributed by atoms with E-state index in [1.807, 2.05) is 20.8 Å². The van der Waals surface area contributed by atoms with Gasteiger partial charge in [-0.1, -0.05) is 11.6 Å². The molecule has 2 aliphatic heterocycles. The normalized spacial score (nSPS) is 20.5. The molecule has 1 aromatic carbocycles. The molecule has 152 valence electrons. The van der Waals surface area contributed by atoms with Crippen LogP contribution < -0.4 is 4.90 Å². The fourth-order valence-electron chi connectivity index (χ4n) is 3.44. The predicted octanol–water partition coefficient (Wildman–Crippen LogP) is 2.77. The molecular weight excluding hydrogens is 382 g/mol. The number of hydrogen-bond donors (Lipinski definition) is 0. The molecule has 7 nitrogen and oxygen atoms in total. The SMILES string of the molecule is CC(C)(C)OC(=O)N1CCN(C(=O)[C@H]2CC(=O)N(c3ccc(Cl)cc3)C2)CC1. The van der Waals surface area contributed by atoms with Crippen molar-refractivity contribution in [3.05, 3.63) is 29.3 Å². The molecule has 3 rings (SSSR count). The van der Waals surface area contributed by atoms with Crippen molar-refractivity contribution in [3.63, 3.8) is 0 Å². The Hall–Kier alpha value is -2.28. The quantitative estimate of drug-likeness (QED) is 0.755. The zero-order chi connectivity index (χ0) is 20.5. The molecule has 2 heterocycles. The van der Waals surface area contributed by atoms with Gasteiger partial charge in [0.25, 0.3) is 0 Å². The second-order valence-corrected chi connectivity index (χ2v) is 8.61. The lowest BCUT2D eigenvalue weighted by atomic mass is 10.1. The summed E-state index contributed by atoms with van der Waals surface area (Å²) < 4.78 is 5.38. The summed E-state index contributed by atoms with van der Waals surface area (Å²) in [6.45, 7) is 7.61. The molecule has 2 fully saturated rings. The van der Waals surface area contributed by atoms with Gasteiger partial charge in [-0.05, 0) is 45.0 Å². The lowest BCUT2D eigenvalue weighted by Gasteiger charge is -2.36. The van der Waals surface area contributed by atoms with Crippen molar-refractivity contribution < 1.29 is 19.1 Å². The minimum atomic E-state index is -0.542. The van der Waals surface area contributed by atoms with Gasteiger partial charge in [-0.25, -0.2) is 4.79 Å². The highest BCUT2D eigenvalue weighted by molar-refractivity contribution is 6.30. The van der Waals surface area contributed by atoms with Gasteiger partial charge >= 0.3 is 6.09 Å². The zero-order valence-electron chi connectivity index (χ0n) is 16.5. The van der Waals surface area contributed by atoms with E-state index in [0.717, 1.165) is 5.69 Å². The third kappa shape index (κ3) is 4.76. The van der Waals surface area contributed by atoms with Crippen LogP contribution in [-0.4, -0.2) is 66.0 Å². The first-order valence-electron chi connectivity index (χ1n) is 9.47. The Morgan fingerprint density at radius 1 is 1.04 bits per heavy atom. The van der Waals surface area contributed by atoms with Crippen molar-refractivity contribution in [1.29, 1.82) is 0 Å². The highest BCUT2D eigenvalue weighted by Gasteiger charge is 2.38. The average molecular weight is 408 g/mol. The van der Waals surface area contributed by atoms with Gasteiger partial charge in [0, 0.05) is 49.9 Å². The highest BCUT2D eigenvalue weighted by Crippen LogP contribution is 2.27. The van der Waals surface area contributed by atoms with E-state index in [0.29, 0.717) is 37.7 Å². The van der Waals surface area contributed by atoms with Crippen LogP contribution in [-0.2, 0) is 14.3 Å². The fraction of sp³-hybridized carbons (Fsp3) is 0.550. The fourth-order valence-corrected chi connectivity index (χ4v) is 3.56. The standard InChI is InChI=1S/C20H26ClN3O4/c1-20(2,3)28-19(27)23-10-8-22(9-11-23)18(26)14-12-17(25)24(13-14)16-6-4-15(21)5-7-16/h4-7,14H,8-13H2,1-3H3/t14-/m0/s1. The third-order valence-electron chi connectivity index (χ3n) is 4.86. The van der Waals surface area contributed by atoms with Crippen molar-refractivity contribution in [2.75, 3.05) is 37.6 Å². The van der Waals surface area contributed by atoms with Crippen LogP contribution in [0.1, 0.15) is 27.2 Å². The Morgan fingerprint density at radius 3 is 2.18 bits per heavy atom. The minimum Gasteiger partial charge on any atom is -0.444 e.